The topological polar surface area (TPSA) is 66.0 Å². The highest BCUT2D eigenvalue weighted by atomic mass is 19.1. The van der Waals surface area contributed by atoms with Gasteiger partial charge in [0.25, 0.3) is 0 Å². The fourth-order valence-corrected chi connectivity index (χ4v) is 1.73. The molecule has 96 valence electrons. The first-order chi connectivity index (χ1) is 8.61. The van der Waals surface area contributed by atoms with Gasteiger partial charge in [-0.2, -0.15) is 5.10 Å². The minimum absolute atomic E-state index is 0.195. The third-order valence-electron chi connectivity index (χ3n) is 2.81. The Bertz CT molecular complexity index is 541. The lowest BCUT2D eigenvalue weighted by Gasteiger charge is -2.13. The molecule has 0 radical (unpaired) electrons. The zero-order chi connectivity index (χ0) is 13.1. The Balaban J connectivity index is 2.18. The van der Waals surface area contributed by atoms with Crippen LogP contribution in [0.15, 0.2) is 24.5 Å². The number of aromatic nitrogens is 3. The molecule has 0 aliphatic carbocycles. The predicted octanol–water partition coefficient (Wildman–Crippen LogP) is 1.21. The number of aryl methyl sites for hydroxylation is 1. The average molecular weight is 250 g/mol. The molecular weight excluding hydrogens is 235 g/mol. The summed E-state index contributed by atoms with van der Waals surface area (Å²) < 4.78 is 19.9. The van der Waals surface area contributed by atoms with Crippen molar-refractivity contribution in [3.8, 4) is 5.75 Å². The number of hydrogen-bond acceptors (Lipinski definition) is 4. The molecule has 0 saturated carbocycles. The monoisotopic (exact) mass is 250 g/mol. The van der Waals surface area contributed by atoms with Gasteiger partial charge in [0, 0.05) is 19.5 Å². The third-order valence-corrected chi connectivity index (χ3v) is 2.81. The molecule has 18 heavy (non-hydrogen) atoms. The molecule has 0 amide bonds. The number of methoxy groups -OCH3 is 1. The van der Waals surface area contributed by atoms with Gasteiger partial charge in [-0.15, -0.1) is 0 Å². The Labute approximate surface area is 104 Å². The molecule has 1 unspecified atom stereocenters. The maximum atomic E-state index is 13.3. The first-order valence-electron chi connectivity index (χ1n) is 5.53. The molecule has 0 saturated heterocycles. The number of benzene rings is 1. The second-order valence-electron chi connectivity index (χ2n) is 4.00. The molecule has 2 rings (SSSR count). The van der Waals surface area contributed by atoms with Gasteiger partial charge < -0.3 is 10.5 Å². The van der Waals surface area contributed by atoms with Crippen LogP contribution in [0.25, 0.3) is 0 Å². The number of nitrogens with two attached hydrogens (primary N) is 1. The molecule has 6 heteroatoms. The summed E-state index contributed by atoms with van der Waals surface area (Å²) in [7, 11) is 3.23. The van der Waals surface area contributed by atoms with Crippen molar-refractivity contribution in [2.75, 3.05) is 7.11 Å². The number of hydrogen-bond donors (Lipinski definition) is 1. The van der Waals surface area contributed by atoms with Crippen molar-refractivity contribution in [3.63, 3.8) is 0 Å². The second kappa shape index (κ2) is 5.14. The zero-order valence-electron chi connectivity index (χ0n) is 10.3. The lowest BCUT2D eigenvalue weighted by atomic mass is 10.0. The van der Waals surface area contributed by atoms with Crippen molar-refractivity contribution in [3.05, 3.63) is 41.7 Å². The highest BCUT2D eigenvalue weighted by Crippen LogP contribution is 2.23. The molecule has 1 heterocycles. The summed E-state index contributed by atoms with van der Waals surface area (Å²) in [6.45, 7) is 0. The SMILES string of the molecule is COc1cc(C(N)Cc2ncnn2C)ccc1F. The van der Waals surface area contributed by atoms with Crippen LogP contribution in [0.1, 0.15) is 17.4 Å². The lowest BCUT2D eigenvalue weighted by Crippen LogP contribution is -2.16. The molecule has 0 bridgehead atoms. The zero-order valence-corrected chi connectivity index (χ0v) is 10.3. The van der Waals surface area contributed by atoms with Crippen LogP contribution in [0.3, 0.4) is 0 Å². The summed E-state index contributed by atoms with van der Waals surface area (Å²) >= 11 is 0. The van der Waals surface area contributed by atoms with E-state index in [1.807, 2.05) is 0 Å². The highest BCUT2D eigenvalue weighted by molar-refractivity contribution is 5.32. The first kappa shape index (κ1) is 12.5. The van der Waals surface area contributed by atoms with E-state index in [1.165, 1.54) is 19.5 Å². The van der Waals surface area contributed by atoms with Crippen LogP contribution in [-0.2, 0) is 13.5 Å². The van der Waals surface area contributed by atoms with Crippen LogP contribution in [0, 0.1) is 5.82 Å². The van der Waals surface area contributed by atoms with E-state index in [1.54, 1.807) is 23.9 Å². The van der Waals surface area contributed by atoms with E-state index in [0.717, 1.165) is 11.4 Å². The number of halogens is 1. The first-order valence-corrected chi connectivity index (χ1v) is 5.53. The predicted molar refractivity (Wildman–Crippen MR) is 64.6 cm³/mol. The van der Waals surface area contributed by atoms with Gasteiger partial charge in [-0.3, -0.25) is 4.68 Å². The third kappa shape index (κ3) is 2.48. The Morgan fingerprint density at radius 3 is 2.89 bits per heavy atom. The normalized spacial score (nSPS) is 12.4. The van der Waals surface area contributed by atoms with Gasteiger partial charge in [0.2, 0.25) is 0 Å². The van der Waals surface area contributed by atoms with Gasteiger partial charge >= 0.3 is 0 Å². The lowest BCUT2D eigenvalue weighted by molar-refractivity contribution is 0.385. The molecule has 0 fully saturated rings. The summed E-state index contributed by atoms with van der Waals surface area (Å²) in [5.41, 5.74) is 6.87. The summed E-state index contributed by atoms with van der Waals surface area (Å²) in [4.78, 5) is 4.11. The van der Waals surface area contributed by atoms with Crippen molar-refractivity contribution in [2.24, 2.45) is 12.8 Å². The van der Waals surface area contributed by atoms with Crippen LogP contribution in [0.2, 0.25) is 0 Å². The van der Waals surface area contributed by atoms with Crippen LogP contribution in [-0.4, -0.2) is 21.9 Å². The van der Waals surface area contributed by atoms with Crippen LogP contribution in [0.5, 0.6) is 5.75 Å². The van der Waals surface area contributed by atoms with Gasteiger partial charge in [-0.25, -0.2) is 9.37 Å². The van der Waals surface area contributed by atoms with Crippen molar-refractivity contribution in [1.29, 1.82) is 0 Å². The largest absolute Gasteiger partial charge is 0.494 e. The van der Waals surface area contributed by atoms with Crippen molar-refractivity contribution in [2.45, 2.75) is 12.5 Å². The highest BCUT2D eigenvalue weighted by Gasteiger charge is 2.13. The summed E-state index contributed by atoms with van der Waals surface area (Å²) in [6.07, 6.45) is 2.01. The summed E-state index contributed by atoms with van der Waals surface area (Å²) in [5.74, 6) is 0.582. The number of rotatable bonds is 4. The van der Waals surface area contributed by atoms with Gasteiger partial charge in [0.05, 0.1) is 7.11 Å². The van der Waals surface area contributed by atoms with E-state index in [2.05, 4.69) is 10.1 Å². The van der Waals surface area contributed by atoms with Gasteiger partial charge in [0.15, 0.2) is 11.6 Å². The van der Waals surface area contributed by atoms with Gasteiger partial charge in [0.1, 0.15) is 12.2 Å². The molecule has 2 N–H and O–H groups in total. The quantitative estimate of drug-likeness (QED) is 0.885. The number of nitrogens with zero attached hydrogens (tertiary/aromatic N) is 3. The minimum atomic E-state index is -0.396. The molecule has 1 aromatic carbocycles. The molecule has 1 atom stereocenters. The molecular formula is C12H15FN4O. The molecule has 2 aromatic rings. The fourth-order valence-electron chi connectivity index (χ4n) is 1.73. The fraction of sp³-hybridized carbons (Fsp3) is 0.333. The van der Waals surface area contributed by atoms with Gasteiger partial charge in [-0.05, 0) is 17.7 Å². The Morgan fingerprint density at radius 2 is 2.28 bits per heavy atom. The van der Waals surface area contributed by atoms with E-state index in [4.69, 9.17) is 10.5 Å². The average Bonchev–Trinajstić information content (AvgIpc) is 2.75. The second-order valence-corrected chi connectivity index (χ2v) is 4.00. The smallest absolute Gasteiger partial charge is 0.165 e. The van der Waals surface area contributed by atoms with Crippen molar-refractivity contribution < 1.29 is 9.13 Å². The van der Waals surface area contributed by atoms with Gasteiger partial charge in [-0.1, -0.05) is 6.07 Å². The molecule has 5 nitrogen and oxygen atoms in total. The van der Waals surface area contributed by atoms with Crippen molar-refractivity contribution >= 4 is 0 Å². The Kier molecular flexibility index (Phi) is 3.57. The Morgan fingerprint density at radius 1 is 1.50 bits per heavy atom. The molecule has 0 spiro atoms. The maximum Gasteiger partial charge on any atom is 0.165 e. The van der Waals surface area contributed by atoms with E-state index in [-0.39, 0.29) is 11.8 Å². The van der Waals surface area contributed by atoms with E-state index in [9.17, 15) is 4.39 Å². The molecule has 0 aliphatic heterocycles. The summed E-state index contributed by atoms with van der Waals surface area (Å²) in [5, 5.41) is 3.98. The van der Waals surface area contributed by atoms with Crippen molar-refractivity contribution in [1.82, 2.24) is 14.8 Å². The summed E-state index contributed by atoms with van der Waals surface area (Å²) in [6, 6.07) is 4.34. The van der Waals surface area contributed by atoms with E-state index < -0.39 is 5.82 Å². The Hall–Kier alpha value is -1.95. The van der Waals surface area contributed by atoms with E-state index >= 15 is 0 Å². The van der Waals surface area contributed by atoms with Crippen LogP contribution >= 0.6 is 0 Å². The molecule has 1 aromatic heterocycles. The minimum Gasteiger partial charge on any atom is -0.494 e. The maximum absolute atomic E-state index is 13.3. The standard InChI is InChI=1S/C12H15FN4O/c1-17-12(15-7-16-17)6-10(14)8-3-4-9(13)11(5-8)18-2/h3-5,7,10H,6,14H2,1-2H3. The van der Waals surface area contributed by atoms with E-state index in [0.29, 0.717) is 6.42 Å². The van der Waals surface area contributed by atoms with Crippen LogP contribution < -0.4 is 10.5 Å². The molecule has 0 aliphatic rings. The van der Waals surface area contributed by atoms with Crippen LogP contribution in [0.4, 0.5) is 4.39 Å². The number of ether oxygens (including phenoxy) is 1.